The number of alkyl halides is 1. The van der Waals surface area contributed by atoms with Gasteiger partial charge in [0.2, 0.25) is 0 Å². The summed E-state index contributed by atoms with van der Waals surface area (Å²) in [5.74, 6) is 0. The van der Waals surface area contributed by atoms with E-state index in [1.165, 1.54) is 0 Å². The Morgan fingerprint density at radius 2 is 2.12 bits per heavy atom. The Labute approximate surface area is 116 Å². The maximum atomic E-state index is 6.15. The van der Waals surface area contributed by atoms with Gasteiger partial charge in [-0.25, -0.2) is 0 Å². The molecule has 0 aliphatic carbocycles. The van der Waals surface area contributed by atoms with Gasteiger partial charge in [-0.3, -0.25) is 0 Å². The van der Waals surface area contributed by atoms with Crippen LogP contribution in [0.2, 0.25) is 5.02 Å². The lowest BCUT2D eigenvalue weighted by Gasteiger charge is -2.18. The van der Waals surface area contributed by atoms with E-state index < -0.39 is 0 Å². The number of hydrogen-bond acceptors (Lipinski definition) is 1. The molecule has 1 rings (SSSR count). The standard InChI is InChI=1S/C12H16BrCl2N/c1-9(14)5-6-16(2)8-10-3-4-11(13)7-12(10)15/h3-4,7,9H,5-6,8H2,1-2H3. The highest BCUT2D eigenvalue weighted by molar-refractivity contribution is 9.10. The Bertz CT molecular complexity index is 342. The Kier molecular flexibility index (Phi) is 6.12. The minimum atomic E-state index is 0.225. The maximum absolute atomic E-state index is 6.15. The molecule has 0 aromatic heterocycles. The van der Waals surface area contributed by atoms with Crippen molar-refractivity contribution in [3.8, 4) is 0 Å². The van der Waals surface area contributed by atoms with Crippen LogP contribution in [0.15, 0.2) is 22.7 Å². The summed E-state index contributed by atoms with van der Waals surface area (Å²) in [7, 11) is 2.08. The normalized spacial score (nSPS) is 13.1. The highest BCUT2D eigenvalue weighted by atomic mass is 79.9. The van der Waals surface area contributed by atoms with Crippen molar-refractivity contribution in [3.05, 3.63) is 33.3 Å². The second-order valence-electron chi connectivity index (χ2n) is 4.04. The third kappa shape index (κ3) is 5.05. The van der Waals surface area contributed by atoms with Crippen LogP contribution in [-0.4, -0.2) is 23.9 Å². The van der Waals surface area contributed by atoms with Crippen LogP contribution < -0.4 is 0 Å². The quantitative estimate of drug-likeness (QED) is 0.718. The summed E-state index contributed by atoms with van der Waals surface area (Å²) in [5, 5.41) is 1.03. The maximum Gasteiger partial charge on any atom is 0.0462 e. The van der Waals surface area contributed by atoms with Gasteiger partial charge in [0.1, 0.15) is 0 Å². The average molecular weight is 325 g/mol. The second-order valence-corrected chi connectivity index (χ2v) is 6.11. The molecular formula is C12H16BrCl2N. The molecule has 1 unspecified atom stereocenters. The van der Waals surface area contributed by atoms with E-state index in [4.69, 9.17) is 23.2 Å². The number of benzene rings is 1. The summed E-state index contributed by atoms with van der Waals surface area (Å²) in [6.45, 7) is 3.86. The van der Waals surface area contributed by atoms with E-state index in [0.29, 0.717) is 0 Å². The Morgan fingerprint density at radius 1 is 1.44 bits per heavy atom. The highest BCUT2D eigenvalue weighted by Gasteiger charge is 2.06. The van der Waals surface area contributed by atoms with Crippen molar-refractivity contribution in [1.82, 2.24) is 4.90 Å². The molecule has 0 spiro atoms. The fourth-order valence-electron chi connectivity index (χ4n) is 1.42. The molecule has 0 radical (unpaired) electrons. The molecule has 0 fully saturated rings. The monoisotopic (exact) mass is 323 g/mol. The van der Waals surface area contributed by atoms with Gasteiger partial charge in [0.15, 0.2) is 0 Å². The van der Waals surface area contributed by atoms with Crippen LogP contribution in [-0.2, 0) is 6.54 Å². The third-order valence-electron chi connectivity index (χ3n) is 2.36. The Morgan fingerprint density at radius 3 is 2.69 bits per heavy atom. The molecule has 0 aliphatic rings. The lowest BCUT2D eigenvalue weighted by molar-refractivity contribution is 0.322. The average Bonchev–Trinajstić information content (AvgIpc) is 2.19. The number of nitrogens with zero attached hydrogens (tertiary/aromatic N) is 1. The molecule has 0 N–H and O–H groups in total. The fraction of sp³-hybridized carbons (Fsp3) is 0.500. The third-order valence-corrected chi connectivity index (χ3v) is 3.43. The molecule has 0 amide bonds. The van der Waals surface area contributed by atoms with E-state index >= 15 is 0 Å². The van der Waals surface area contributed by atoms with Gasteiger partial charge >= 0.3 is 0 Å². The largest absolute Gasteiger partial charge is 0.302 e. The molecule has 0 bridgehead atoms. The SMILES string of the molecule is CC(Cl)CCN(C)Cc1ccc(Br)cc1Cl. The van der Waals surface area contributed by atoms with Crippen LogP contribution in [0.25, 0.3) is 0 Å². The van der Waals surface area contributed by atoms with Gasteiger partial charge in [-0.05, 0) is 44.6 Å². The van der Waals surface area contributed by atoms with Crippen LogP contribution in [0.1, 0.15) is 18.9 Å². The van der Waals surface area contributed by atoms with Gasteiger partial charge in [-0.2, -0.15) is 0 Å². The van der Waals surface area contributed by atoms with Crippen LogP contribution in [0.4, 0.5) is 0 Å². The van der Waals surface area contributed by atoms with E-state index in [9.17, 15) is 0 Å². The highest BCUT2D eigenvalue weighted by Crippen LogP contribution is 2.22. The predicted molar refractivity (Wildman–Crippen MR) is 75.4 cm³/mol. The van der Waals surface area contributed by atoms with Crippen molar-refractivity contribution >= 4 is 39.1 Å². The van der Waals surface area contributed by atoms with E-state index in [2.05, 4.69) is 27.9 Å². The van der Waals surface area contributed by atoms with Crippen molar-refractivity contribution in [3.63, 3.8) is 0 Å². The van der Waals surface area contributed by atoms with Crippen molar-refractivity contribution in [2.24, 2.45) is 0 Å². The number of halogens is 3. The second kappa shape index (κ2) is 6.85. The lowest BCUT2D eigenvalue weighted by atomic mass is 10.2. The van der Waals surface area contributed by atoms with Crippen molar-refractivity contribution in [1.29, 1.82) is 0 Å². The van der Waals surface area contributed by atoms with Crippen molar-refractivity contribution in [2.45, 2.75) is 25.3 Å². The smallest absolute Gasteiger partial charge is 0.0462 e. The Hall–Kier alpha value is 0.240. The van der Waals surface area contributed by atoms with Crippen molar-refractivity contribution < 1.29 is 0 Å². The number of rotatable bonds is 5. The van der Waals surface area contributed by atoms with E-state index in [-0.39, 0.29) is 5.38 Å². The zero-order chi connectivity index (χ0) is 12.1. The van der Waals surface area contributed by atoms with Gasteiger partial charge < -0.3 is 4.90 Å². The van der Waals surface area contributed by atoms with Crippen molar-refractivity contribution in [2.75, 3.05) is 13.6 Å². The Balaban J connectivity index is 2.52. The molecule has 1 atom stereocenters. The fourth-order valence-corrected chi connectivity index (χ4v) is 2.25. The molecule has 1 aromatic carbocycles. The topological polar surface area (TPSA) is 3.24 Å². The van der Waals surface area contributed by atoms with Crippen LogP contribution in [0, 0.1) is 0 Å². The first-order chi connectivity index (χ1) is 7.49. The minimum Gasteiger partial charge on any atom is -0.302 e. The van der Waals surface area contributed by atoms with Gasteiger partial charge in [-0.1, -0.05) is 33.6 Å². The zero-order valence-corrected chi connectivity index (χ0v) is 12.6. The molecule has 1 nitrogen and oxygen atoms in total. The molecular weight excluding hydrogens is 309 g/mol. The van der Waals surface area contributed by atoms with Gasteiger partial charge in [-0.15, -0.1) is 11.6 Å². The number of hydrogen-bond donors (Lipinski definition) is 0. The summed E-state index contributed by atoms with van der Waals surface area (Å²) in [6, 6.07) is 5.99. The first-order valence-electron chi connectivity index (χ1n) is 5.25. The summed E-state index contributed by atoms with van der Waals surface area (Å²) in [6.07, 6.45) is 0.992. The zero-order valence-electron chi connectivity index (χ0n) is 9.51. The van der Waals surface area contributed by atoms with E-state index in [1.807, 2.05) is 25.1 Å². The molecule has 0 heterocycles. The first kappa shape index (κ1) is 14.3. The van der Waals surface area contributed by atoms with Gasteiger partial charge in [0.05, 0.1) is 0 Å². The van der Waals surface area contributed by atoms with E-state index in [1.54, 1.807) is 0 Å². The summed E-state index contributed by atoms with van der Waals surface area (Å²) in [5.41, 5.74) is 1.15. The molecule has 90 valence electrons. The van der Waals surface area contributed by atoms with Gasteiger partial charge in [0.25, 0.3) is 0 Å². The lowest BCUT2D eigenvalue weighted by Crippen LogP contribution is -2.21. The molecule has 0 saturated heterocycles. The molecule has 0 aliphatic heterocycles. The van der Waals surface area contributed by atoms with Crippen LogP contribution in [0.3, 0.4) is 0 Å². The van der Waals surface area contributed by atoms with Gasteiger partial charge in [0, 0.05) is 21.4 Å². The van der Waals surface area contributed by atoms with Crippen LogP contribution >= 0.6 is 39.1 Å². The molecule has 0 saturated carbocycles. The molecule has 16 heavy (non-hydrogen) atoms. The predicted octanol–water partition coefficient (Wildman–Crippen LogP) is 4.55. The molecule has 1 aromatic rings. The summed E-state index contributed by atoms with van der Waals surface area (Å²) in [4.78, 5) is 2.23. The minimum absolute atomic E-state index is 0.225. The summed E-state index contributed by atoms with van der Waals surface area (Å²) < 4.78 is 1.01. The first-order valence-corrected chi connectivity index (χ1v) is 6.86. The molecule has 4 heteroatoms. The summed E-state index contributed by atoms with van der Waals surface area (Å²) >= 11 is 15.5. The van der Waals surface area contributed by atoms with Crippen LogP contribution in [0.5, 0.6) is 0 Å². The van der Waals surface area contributed by atoms with E-state index in [0.717, 1.165) is 34.6 Å².